The van der Waals surface area contributed by atoms with Crippen LogP contribution in [0.15, 0.2) is 18.2 Å². The van der Waals surface area contributed by atoms with Gasteiger partial charge < -0.3 is 15.3 Å². The molecule has 0 amide bonds. The summed E-state index contributed by atoms with van der Waals surface area (Å²) in [4.78, 5) is 2.00. The number of rotatable bonds is 9. The van der Waals surface area contributed by atoms with Crippen LogP contribution in [0.25, 0.3) is 0 Å². The minimum Gasteiger partial charge on any atom is -0.396 e. The van der Waals surface area contributed by atoms with E-state index in [1.54, 1.807) is 6.07 Å². The molecule has 0 aliphatic rings. The zero-order chi connectivity index (χ0) is 15.0. The number of anilines is 1. The Morgan fingerprint density at radius 2 is 2.10 bits per heavy atom. The Bertz CT molecular complexity index is 396. The molecule has 0 saturated carbocycles. The first-order chi connectivity index (χ1) is 9.60. The summed E-state index contributed by atoms with van der Waals surface area (Å²) in [6.07, 6.45) is 0.654. The average Bonchev–Trinajstić information content (AvgIpc) is 2.41. The SMILES string of the molecule is CCN(CCCO)c1c(F)cccc1CNCC(C)C. The van der Waals surface area contributed by atoms with Gasteiger partial charge >= 0.3 is 0 Å². The van der Waals surface area contributed by atoms with Crippen LogP contribution in [-0.4, -0.2) is 31.3 Å². The molecular weight excluding hydrogens is 255 g/mol. The van der Waals surface area contributed by atoms with Crippen molar-refractivity contribution in [1.29, 1.82) is 0 Å². The van der Waals surface area contributed by atoms with E-state index in [2.05, 4.69) is 19.2 Å². The minimum absolute atomic E-state index is 0.131. The van der Waals surface area contributed by atoms with Crippen LogP contribution in [-0.2, 0) is 6.54 Å². The summed E-state index contributed by atoms with van der Waals surface area (Å²) in [6.45, 7) is 9.43. The van der Waals surface area contributed by atoms with E-state index in [0.717, 1.165) is 18.7 Å². The third-order valence-electron chi connectivity index (χ3n) is 3.22. The summed E-state index contributed by atoms with van der Waals surface area (Å²) < 4.78 is 14.2. The van der Waals surface area contributed by atoms with Crippen molar-refractivity contribution in [3.63, 3.8) is 0 Å². The van der Waals surface area contributed by atoms with Gasteiger partial charge in [-0.1, -0.05) is 26.0 Å². The van der Waals surface area contributed by atoms with E-state index in [-0.39, 0.29) is 12.4 Å². The lowest BCUT2D eigenvalue weighted by Crippen LogP contribution is -2.28. The maximum atomic E-state index is 14.2. The van der Waals surface area contributed by atoms with Crippen molar-refractivity contribution in [2.24, 2.45) is 5.92 Å². The Kier molecular flexibility index (Phi) is 7.55. The van der Waals surface area contributed by atoms with Gasteiger partial charge in [0.2, 0.25) is 0 Å². The van der Waals surface area contributed by atoms with E-state index < -0.39 is 0 Å². The van der Waals surface area contributed by atoms with E-state index in [1.165, 1.54) is 6.07 Å². The van der Waals surface area contributed by atoms with Crippen LogP contribution in [0.5, 0.6) is 0 Å². The molecule has 0 aliphatic heterocycles. The molecule has 0 unspecified atom stereocenters. The molecule has 0 aromatic heterocycles. The van der Waals surface area contributed by atoms with Gasteiger partial charge in [0.15, 0.2) is 0 Å². The fourth-order valence-electron chi connectivity index (χ4n) is 2.24. The van der Waals surface area contributed by atoms with Crippen LogP contribution in [0.3, 0.4) is 0 Å². The average molecular weight is 282 g/mol. The molecule has 1 aromatic carbocycles. The van der Waals surface area contributed by atoms with E-state index in [1.807, 2.05) is 17.9 Å². The zero-order valence-corrected chi connectivity index (χ0v) is 12.8. The molecule has 2 N–H and O–H groups in total. The molecule has 1 rings (SSSR count). The van der Waals surface area contributed by atoms with Crippen molar-refractivity contribution in [2.75, 3.05) is 31.1 Å². The predicted octanol–water partition coefficient (Wildman–Crippen LogP) is 2.78. The Hall–Kier alpha value is -1.13. The quantitative estimate of drug-likeness (QED) is 0.731. The highest BCUT2D eigenvalue weighted by atomic mass is 19.1. The minimum atomic E-state index is -0.186. The van der Waals surface area contributed by atoms with Crippen LogP contribution >= 0.6 is 0 Å². The number of hydrogen-bond donors (Lipinski definition) is 2. The molecule has 0 atom stereocenters. The van der Waals surface area contributed by atoms with Gasteiger partial charge in [0.05, 0.1) is 5.69 Å². The van der Waals surface area contributed by atoms with Crippen molar-refractivity contribution in [2.45, 2.75) is 33.7 Å². The largest absolute Gasteiger partial charge is 0.396 e. The third-order valence-corrected chi connectivity index (χ3v) is 3.22. The van der Waals surface area contributed by atoms with Crippen LogP contribution in [0.2, 0.25) is 0 Å². The molecule has 0 heterocycles. The molecule has 0 aliphatic carbocycles. The topological polar surface area (TPSA) is 35.5 Å². The maximum Gasteiger partial charge on any atom is 0.146 e. The first-order valence-corrected chi connectivity index (χ1v) is 7.44. The van der Waals surface area contributed by atoms with Crippen molar-refractivity contribution in [1.82, 2.24) is 5.32 Å². The summed E-state index contributed by atoms with van der Waals surface area (Å²) in [5.41, 5.74) is 1.64. The van der Waals surface area contributed by atoms with Gasteiger partial charge in [0, 0.05) is 26.2 Å². The number of para-hydroxylation sites is 1. The number of nitrogens with one attached hydrogen (secondary N) is 1. The first kappa shape index (κ1) is 16.9. The lowest BCUT2D eigenvalue weighted by atomic mass is 10.1. The molecule has 1 aromatic rings. The number of aliphatic hydroxyl groups is 1. The second-order valence-corrected chi connectivity index (χ2v) is 5.43. The summed E-state index contributed by atoms with van der Waals surface area (Å²) in [5.74, 6) is 0.386. The van der Waals surface area contributed by atoms with Crippen molar-refractivity contribution < 1.29 is 9.50 Å². The first-order valence-electron chi connectivity index (χ1n) is 7.44. The number of nitrogens with zero attached hydrogens (tertiary/aromatic N) is 1. The summed E-state index contributed by atoms with van der Waals surface area (Å²) >= 11 is 0. The third kappa shape index (κ3) is 5.10. The molecule has 114 valence electrons. The van der Waals surface area contributed by atoms with E-state index >= 15 is 0 Å². The second-order valence-electron chi connectivity index (χ2n) is 5.43. The van der Waals surface area contributed by atoms with Crippen LogP contribution in [0, 0.1) is 11.7 Å². The molecule has 3 nitrogen and oxygen atoms in total. The van der Waals surface area contributed by atoms with Gasteiger partial charge in [-0.05, 0) is 37.4 Å². The van der Waals surface area contributed by atoms with Gasteiger partial charge in [-0.15, -0.1) is 0 Å². The van der Waals surface area contributed by atoms with Crippen molar-refractivity contribution in [3.05, 3.63) is 29.6 Å². The van der Waals surface area contributed by atoms with Gasteiger partial charge in [-0.25, -0.2) is 4.39 Å². The standard InChI is InChI=1S/C16H27FN2O/c1-4-19(9-6-10-20)16-14(7-5-8-15(16)17)12-18-11-13(2)3/h5,7-8,13,18,20H,4,6,9-12H2,1-3H3. The highest BCUT2D eigenvalue weighted by Gasteiger charge is 2.14. The lowest BCUT2D eigenvalue weighted by Gasteiger charge is -2.26. The Morgan fingerprint density at radius 3 is 2.70 bits per heavy atom. The van der Waals surface area contributed by atoms with E-state index in [9.17, 15) is 4.39 Å². The number of aliphatic hydroxyl groups excluding tert-OH is 1. The van der Waals surface area contributed by atoms with Crippen LogP contribution in [0.1, 0.15) is 32.8 Å². The lowest BCUT2D eigenvalue weighted by molar-refractivity contribution is 0.289. The second kappa shape index (κ2) is 8.93. The van der Waals surface area contributed by atoms with Gasteiger partial charge in [-0.3, -0.25) is 0 Å². The van der Waals surface area contributed by atoms with Crippen molar-refractivity contribution in [3.8, 4) is 0 Å². The van der Waals surface area contributed by atoms with E-state index in [4.69, 9.17) is 5.11 Å². The highest BCUT2D eigenvalue weighted by molar-refractivity contribution is 5.54. The van der Waals surface area contributed by atoms with Crippen molar-refractivity contribution >= 4 is 5.69 Å². The molecule has 4 heteroatoms. The summed E-state index contributed by atoms with van der Waals surface area (Å²) in [5, 5.41) is 12.3. The number of benzene rings is 1. The molecule has 0 fully saturated rings. The molecule has 0 bridgehead atoms. The Morgan fingerprint density at radius 1 is 1.35 bits per heavy atom. The predicted molar refractivity (Wildman–Crippen MR) is 82.5 cm³/mol. The monoisotopic (exact) mass is 282 g/mol. The zero-order valence-electron chi connectivity index (χ0n) is 12.8. The maximum absolute atomic E-state index is 14.2. The van der Waals surface area contributed by atoms with Crippen LogP contribution < -0.4 is 10.2 Å². The fourth-order valence-corrected chi connectivity index (χ4v) is 2.24. The summed E-state index contributed by atoms with van der Waals surface area (Å²) in [7, 11) is 0. The fraction of sp³-hybridized carbons (Fsp3) is 0.625. The smallest absolute Gasteiger partial charge is 0.146 e. The van der Waals surface area contributed by atoms with Gasteiger partial charge in [0.1, 0.15) is 5.82 Å². The van der Waals surface area contributed by atoms with Gasteiger partial charge in [-0.2, -0.15) is 0 Å². The molecule has 0 spiro atoms. The molecule has 20 heavy (non-hydrogen) atoms. The Labute approximate surface area is 121 Å². The molecule has 0 radical (unpaired) electrons. The van der Waals surface area contributed by atoms with Crippen LogP contribution in [0.4, 0.5) is 10.1 Å². The highest BCUT2D eigenvalue weighted by Crippen LogP contribution is 2.24. The van der Waals surface area contributed by atoms with Gasteiger partial charge in [0.25, 0.3) is 0 Å². The molecule has 0 saturated heterocycles. The molecular formula is C16H27FN2O. The number of halogens is 1. The Balaban J connectivity index is 2.85. The number of hydrogen-bond acceptors (Lipinski definition) is 3. The van der Waals surface area contributed by atoms with E-state index in [0.29, 0.717) is 31.1 Å². The normalized spacial score (nSPS) is 11.1. The summed E-state index contributed by atoms with van der Waals surface area (Å²) in [6, 6.07) is 5.22.